The number of hydrogen-bond acceptors (Lipinski definition) is 4. The van der Waals surface area contributed by atoms with Crippen LogP contribution in [0.4, 0.5) is 4.79 Å². The molecule has 0 aromatic heterocycles. The van der Waals surface area contributed by atoms with E-state index in [2.05, 4.69) is 34.3 Å². The Morgan fingerprint density at radius 1 is 0.970 bits per heavy atom. The smallest absolute Gasteiger partial charge is 0.407 e. The minimum Gasteiger partial charge on any atom is -0.449 e. The third-order valence-corrected chi connectivity index (χ3v) is 9.11. The maximum atomic E-state index is 12.9. The van der Waals surface area contributed by atoms with E-state index in [0.717, 1.165) is 32.1 Å². The van der Waals surface area contributed by atoms with E-state index >= 15 is 0 Å². The number of ether oxygens (including phenoxy) is 1. The van der Waals surface area contributed by atoms with Crippen molar-refractivity contribution in [1.82, 2.24) is 10.0 Å². The summed E-state index contributed by atoms with van der Waals surface area (Å²) in [5.74, 6) is 1.18. The van der Waals surface area contributed by atoms with Crippen LogP contribution in [0.5, 0.6) is 0 Å². The minimum absolute atomic E-state index is 0.0453. The third-order valence-electron chi connectivity index (χ3n) is 8.30. The van der Waals surface area contributed by atoms with E-state index in [1.165, 1.54) is 28.5 Å². The van der Waals surface area contributed by atoms with Crippen LogP contribution in [-0.4, -0.2) is 39.0 Å². The summed E-state index contributed by atoms with van der Waals surface area (Å²) in [6, 6.07) is 16.7. The van der Waals surface area contributed by atoms with Crippen LogP contribution >= 0.6 is 0 Å². The van der Waals surface area contributed by atoms with E-state index in [1.807, 2.05) is 24.3 Å². The molecule has 2 atom stereocenters. The molecule has 4 saturated carbocycles. The van der Waals surface area contributed by atoms with Gasteiger partial charge in [-0.25, -0.2) is 17.9 Å². The molecule has 1 amide bonds. The van der Waals surface area contributed by atoms with Crippen LogP contribution in [0.25, 0.3) is 11.1 Å². The fourth-order valence-electron chi connectivity index (χ4n) is 7.55. The van der Waals surface area contributed by atoms with Gasteiger partial charge in [0.25, 0.3) is 0 Å². The van der Waals surface area contributed by atoms with Gasteiger partial charge in [0.1, 0.15) is 6.61 Å². The van der Waals surface area contributed by atoms with E-state index in [-0.39, 0.29) is 23.6 Å². The lowest BCUT2D eigenvalue weighted by Gasteiger charge is -2.59. The van der Waals surface area contributed by atoms with Gasteiger partial charge in [-0.15, -0.1) is 0 Å². The Morgan fingerprint density at radius 3 is 2.12 bits per heavy atom. The molecule has 5 aliphatic carbocycles. The molecule has 2 aromatic carbocycles. The Bertz CT molecular complexity index is 1150. The van der Waals surface area contributed by atoms with E-state index in [9.17, 15) is 13.2 Å². The van der Waals surface area contributed by atoms with Crippen molar-refractivity contribution in [3.63, 3.8) is 0 Å². The summed E-state index contributed by atoms with van der Waals surface area (Å²) in [4.78, 5) is 12.9. The first-order valence-corrected chi connectivity index (χ1v) is 13.8. The molecule has 4 bridgehead atoms. The molecule has 0 aliphatic heterocycles. The number of rotatable bonds is 5. The Balaban J connectivity index is 1.13. The number of alkyl carbamates (subject to hydrolysis) is 1. The number of benzene rings is 2. The summed E-state index contributed by atoms with van der Waals surface area (Å²) in [6.45, 7) is 0.310. The molecule has 0 saturated heterocycles. The van der Waals surface area contributed by atoms with Crippen LogP contribution in [0.3, 0.4) is 0 Å². The first-order valence-electron chi connectivity index (χ1n) is 11.9. The fourth-order valence-corrected chi connectivity index (χ4v) is 8.59. The number of fused-ring (bicyclic) bond motifs is 3. The van der Waals surface area contributed by atoms with Gasteiger partial charge in [-0.3, -0.25) is 0 Å². The molecule has 33 heavy (non-hydrogen) atoms. The van der Waals surface area contributed by atoms with Crippen LogP contribution in [-0.2, 0) is 14.8 Å². The van der Waals surface area contributed by atoms with Crippen molar-refractivity contribution in [2.24, 2.45) is 17.8 Å². The second kappa shape index (κ2) is 7.57. The fraction of sp³-hybridized carbons (Fsp3) is 0.500. The van der Waals surface area contributed by atoms with E-state index < -0.39 is 10.0 Å². The zero-order chi connectivity index (χ0) is 22.8. The molecule has 7 rings (SSSR count). The van der Waals surface area contributed by atoms with Crippen molar-refractivity contribution >= 4 is 16.1 Å². The Kier molecular flexibility index (Phi) is 4.86. The summed E-state index contributed by atoms with van der Waals surface area (Å²) in [5.41, 5.74) is 4.51. The SMILES string of the molecule is CS(=O)(=O)NC12CC3CC(C1)C(NC(=O)OCC1c4ccccc4-c4ccccc41)C(C3)C2. The number of carbonyl (C=O) groups is 1. The number of amides is 1. The zero-order valence-corrected chi connectivity index (χ0v) is 19.6. The summed E-state index contributed by atoms with van der Waals surface area (Å²) in [6.07, 6.45) is 5.50. The van der Waals surface area contributed by atoms with Gasteiger partial charge in [0, 0.05) is 17.5 Å². The normalized spacial score (nSPS) is 31.8. The highest BCUT2D eigenvalue weighted by molar-refractivity contribution is 7.88. The monoisotopic (exact) mass is 466 g/mol. The predicted molar refractivity (Wildman–Crippen MR) is 126 cm³/mol. The van der Waals surface area contributed by atoms with Crippen molar-refractivity contribution in [2.75, 3.05) is 12.9 Å². The highest BCUT2D eigenvalue weighted by Gasteiger charge is 2.56. The molecule has 0 spiro atoms. The summed E-state index contributed by atoms with van der Waals surface area (Å²) >= 11 is 0. The lowest BCUT2D eigenvalue weighted by Crippen LogP contribution is -2.66. The van der Waals surface area contributed by atoms with Crippen molar-refractivity contribution < 1.29 is 17.9 Å². The first-order chi connectivity index (χ1) is 15.8. The lowest BCUT2D eigenvalue weighted by atomic mass is 9.51. The molecule has 0 radical (unpaired) electrons. The minimum atomic E-state index is -3.26. The number of nitrogens with one attached hydrogen (secondary N) is 2. The van der Waals surface area contributed by atoms with E-state index in [0.29, 0.717) is 24.4 Å². The van der Waals surface area contributed by atoms with E-state index in [1.54, 1.807) is 0 Å². The maximum absolute atomic E-state index is 12.9. The third kappa shape index (κ3) is 3.75. The van der Waals surface area contributed by atoms with Gasteiger partial charge in [0.2, 0.25) is 10.0 Å². The Labute approximate surface area is 195 Å². The van der Waals surface area contributed by atoms with Crippen LogP contribution < -0.4 is 10.0 Å². The highest BCUT2D eigenvalue weighted by atomic mass is 32.2. The predicted octanol–water partition coefficient (Wildman–Crippen LogP) is 4.02. The largest absolute Gasteiger partial charge is 0.449 e. The van der Waals surface area contributed by atoms with Crippen LogP contribution in [0.2, 0.25) is 0 Å². The van der Waals surface area contributed by atoms with Crippen LogP contribution in [0, 0.1) is 17.8 Å². The molecule has 6 nitrogen and oxygen atoms in total. The van der Waals surface area contributed by atoms with Crippen LogP contribution in [0.1, 0.15) is 49.1 Å². The van der Waals surface area contributed by atoms with E-state index in [4.69, 9.17) is 4.74 Å². The molecular weight excluding hydrogens is 436 g/mol. The summed E-state index contributed by atoms with van der Waals surface area (Å²) in [5, 5.41) is 3.18. The second-order valence-electron chi connectivity index (χ2n) is 10.6. The topological polar surface area (TPSA) is 84.5 Å². The van der Waals surface area contributed by atoms with Gasteiger partial charge in [-0.1, -0.05) is 48.5 Å². The number of hydrogen-bond donors (Lipinski definition) is 2. The zero-order valence-electron chi connectivity index (χ0n) is 18.8. The van der Waals surface area contributed by atoms with Crippen molar-refractivity contribution in [1.29, 1.82) is 0 Å². The quantitative estimate of drug-likeness (QED) is 0.697. The van der Waals surface area contributed by atoms with Crippen LogP contribution in [0.15, 0.2) is 48.5 Å². The van der Waals surface area contributed by atoms with Crippen molar-refractivity contribution in [3.8, 4) is 11.1 Å². The summed E-state index contributed by atoms with van der Waals surface area (Å²) < 4.78 is 32.7. The van der Waals surface area contributed by atoms with Gasteiger partial charge in [-0.2, -0.15) is 0 Å². The van der Waals surface area contributed by atoms with Crippen molar-refractivity contribution in [2.45, 2.75) is 49.6 Å². The van der Waals surface area contributed by atoms with Gasteiger partial charge in [0.15, 0.2) is 0 Å². The molecule has 0 heterocycles. The van der Waals surface area contributed by atoms with Gasteiger partial charge < -0.3 is 10.1 Å². The Hall–Kier alpha value is -2.38. The molecule has 2 N–H and O–H groups in total. The number of sulfonamides is 1. The van der Waals surface area contributed by atoms with Crippen molar-refractivity contribution in [3.05, 3.63) is 59.7 Å². The van der Waals surface area contributed by atoms with Gasteiger partial charge in [0.05, 0.1) is 6.26 Å². The molecule has 5 aliphatic rings. The molecule has 2 aromatic rings. The molecule has 4 fully saturated rings. The average Bonchev–Trinajstić information content (AvgIpc) is 3.06. The standard InChI is InChI=1S/C26H30N2O4S/c1-33(30,31)28-26-12-16-10-17(13-26)24(18(11-16)14-26)27-25(29)32-15-23-21-8-4-2-6-19(21)20-7-3-5-9-22(20)23/h2-9,16-18,23-24,28H,10-15H2,1H3,(H,27,29). The molecular formula is C26H30N2O4S. The second-order valence-corrected chi connectivity index (χ2v) is 12.4. The molecule has 7 heteroatoms. The Morgan fingerprint density at radius 2 is 1.55 bits per heavy atom. The van der Waals surface area contributed by atoms with Gasteiger partial charge in [-0.05, 0) is 72.1 Å². The average molecular weight is 467 g/mol. The first kappa shape index (κ1) is 21.2. The molecule has 2 unspecified atom stereocenters. The molecule has 174 valence electrons. The maximum Gasteiger partial charge on any atom is 0.407 e. The van der Waals surface area contributed by atoms with Gasteiger partial charge >= 0.3 is 6.09 Å². The number of carbonyl (C=O) groups excluding carboxylic acids is 1. The summed E-state index contributed by atoms with van der Waals surface area (Å²) in [7, 11) is -3.26. The highest BCUT2D eigenvalue weighted by Crippen LogP contribution is 2.56. The lowest BCUT2D eigenvalue weighted by molar-refractivity contribution is -0.0363.